The highest BCUT2D eigenvalue weighted by atomic mass is 32.1. The van der Waals surface area contributed by atoms with Crippen LogP contribution in [0.4, 0.5) is 4.79 Å². The largest absolute Gasteiger partial charge is 0.444 e. The summed E-state index contributed by atoms with van der Waals surface area (Å²) in [5, 5.41) is 3.12. The van der Waals surface area contributed by atoms with E-state index in [4.69, 9.17) is 4.74 Å². The molecule has 0 bridgehead atoms. The third-order valence-corrected chi connectivity index (χ3v) is 5.17. The van der Waals surface area contributed by atoms with Crippen molar-refractivity contribution in [2.75, 3.05) is 20.1 Å². The first kappa shape index (κ1) is 18.2. The second kappa shape index (κ2) is 7.62. The van der Waals surface area contributed by atoms with Crippen molar-refractivity contribution in [3.8, 4) is 0 Å². The standard InChI is InChI=1S/C17H29N3O2S/c1-13(15-18-9-11-23-15)19(5)12-14-8-6-7-10-20(14)16(21)22-17(2,3)4/h9,11,13-14H,6-8,10,12H2,1-5H3/t13-,14+/m1/s1. The average molecular weight is 340 g/mol. The number of ether oxygens (including phenoxy) is 1. The Hall–Kier alpha value is -1.14. The van der Waals surface area contributed by atoms with Crippen molar-refractivity contribution >= 4 is 17.4 Å². The van der Waals surface area contributed by atoms with Gasteiger partial charge in [0, 0.05) is 30.7 Å². The highest BCUT2D eigenvalue weighted by Crippen LogP contribution is 2.25. The first-order chi connectivity index (χ1) is 10.8. The topological polar surface area (TPSA) is 45.7 Å². The summed E-state index contributed by atoms with van der Waals surface area (Å²) in [6, 6.07) is 0.475. The van der Waals surface area contributed by atoms with Gasteiger partial charge >= 0.3 is 6.09 Å². The molecule has 0 N–H and O–H groups in total. The molecule has 130 valence electrons. The van der Waals surface area contributed by atoms with Gasteiger partial charge in [-0.1, -0.05) is 0 Å². The number of likely N-dealkylation sites (N-methyl/N-ethyl adjacent to an activating group) is 1. The third kappa shape index (κ3) is 5.18. The van der Waals surface area contributed by atoms with E-state index in [0.717, 1.165) is 30.9 Å². The molecule has 2 rings (SSSR count). The number of hydrogen-bond acceptors (Lipinski definition) is 5. The Morgan fingerprint density at radius 3 is 2.87 bits per heavy atom. The minimum Gasteiger partial charge on any atom is -0.444 e. The normalized spacial score (nSPS) is 20.6. The number of hydrogen-bond donors (Lipinski definition) is 0. The van der Waals surface area contributed by atoms with Crippen molar-refractivity contribution in [3.63, 3.8) is 0 Å². The maximum absolute atomic E-state index is 12.5. The van der Waals surface area contributed by atoms with Crippen molar-refractivity contribution in [1.82, 2.24) is 14.8 Å². The molecule has 1 saturated heterocycles. The van der Waals surface area contributed by atoms with Gasteiger partial charge in [0.1, 0.15) is 10.6 Å². The minimum atomic E-state index is -0.445. The molecular weight excluding hydrogens is 310 g/mol. The Morgan fingerprint density at radius 2 is 2.26 bits per heavy atom. The predicted molar refractivity (Wildman–Crippen MR) is 93.7 cm³/mol. The van der Waals surface area contributed by atoms with Gasteiger partial charge in [-0.3, -0.25) is 4.90 Å². The Morgan fingerprint density at radius 1 is 1.52 bits per heavy atom. The zero-order valence-electron chi connectivity index (χ0n) is 14.9. The molecule has 1 aromatic rings. The van der Waals surface area contributed by atoms with Crippen LogP contribution in [0.15, 0.2) is 11.6 Å². The number of thiazole rings is 1. The van der Waals surface area contributed by atoms with Gasteiger partial charge in [0.15, 0.2) is 0 Å². The molecule has 1 aromatic heterocycles. The number of carbonyl (C=O) groups is 1. The first-order valence-corrected chi connectivity index (χ1v) is 9.25. The average Bonchev–Trinajstić information content (AvgIpc) is 2.99. The lowest BCUT2D eigenvalue weighted by molar-refractivity contribution is 0.00465. The Balaban J connectivity index is 1.99. The van der Waals surface area contributed by atoms with Crippen LogP contribution in [0.25, 0.3) is 0 Å². The number of nitrogens with zero attached hydrogens (tertiary/aromatic N) is 3. The van der Waals surface area contributed by atoms with Crippen LogP contribution in [0, 0.1) is 0 Å². The molecule has 23 heavy (non-hydrogen) atoms. The van der Waals surface area contributed by atoms with Crippen molar-refractivity contribution in [3.05, 3.63) is 16.6 Å². The van der Waals surface area contributed by atoms with Crippen LogP contribution in [0.2, 0.25) is 0 Å². The summed E-state index contributed by atoms with van der Waals surface area (Å²) in [5.41, 5.74) is -0.445. The molecule has 1 aliphatic rings. The molecule has 5 nitrogen and oxygen atoms in total. The number of amides is 1. The van der Waals surface area contributed by atoms with E-state index in [-0.39, 0.29) is 18.2 Å². The smallest absolute Gasteiger partial charge is 0.410 e. The van der Waals surface area contributed by atoms with Crippen molar-refractivity contribution in [2.45, 2.75) is 64.6 Å². The van der Waals surface area contributed by atoms with Crippen LogP contribution in [0.1, 0.15) is 58.0 Å². The molecule has 0 saturated carbocycles. The van der Waals surface area contributed by atoms with Crippen molar-refractivity contribution in [1.29, 1.82) is 0 Å². The van der Waals surface area contributed by atoms with Crippen LogP contribution in [0.3, 0.4) is 0 Å². The van der Waals surface area contributed by atoms with Crippen molar-refractivity contribution in [2.24, 2.45) is 0 Å². The number of likely N-dealkylation sites (tertiary alicyclic amines) is 1. The quantitative estimate of drug-likeness (QED) is 0.834. The summed E-state index contributed by atoms with van der Waals surface area (Å²) < 4.78 is 5.58. The van der Waals surface area contributed by atoms with E-state index in [1.807, 2.05) is 37.2 Å². The molecule has 1 amide bonds. The van der Waals surface area contributed by atoms with Crippen LogP contribution >= 0.6 is 11.3 Å². The molecule has 2 atom stereocenters. The first-order valence-electron chi connectivity index (χ1n) is 8.37. The third-order valence-electron chi connectivity index (χ3n) is 4.22. The van der Waals surface area contributed by atoms with Gasteiger partial charge in [0.05, 0.1) is 6.04 Å². The van der Waals surface area contributed by atoms with E-state index < -0.39 is 5.60 Å². The molecule has 6 heteroatoms. The monoisotopic (exact) mass is 339 g/mol. The fourth-order valence-electron chi connectivity index (χ4n) is 2.87. The molecule has 0 spiro atoms. The SMILES string of the molecule is C[C@H](c1nccs1)N(C)C[C@@H]1CCCCN1C(=O)OC(C)(C)C. The number of aromatic nitrogens is 1. The molecule has 2 heterocycles. The fourth-order valence-corrected chi connectivity index (χ4v) is 3.63. The Kier molecular flexibility index (Phi) is 6.03. The summed E-state index contributed by atoms with van der Waals surface area (Å²) in [6.07, 6.45) is 4.93. The highest BCUT2D eigenvalue weighted by molar-refractivity contribution is 7.09. The Bertz CT molecular complexity index is 498. The molecule has 0 aliphatic carbocycles. The van der Waals surface area contributed by atoms with E-state index >= 15 is 0 Å². The summed E-state index contributed by atoms with van der Waals surface area (Å²) in [4.78, 5) is 21.1. The van der Waals surface area contributed by atoms with Gasteiger partial charge in [-0.2, -0.15) is 0 Å². The highest BCUT2D eigenvalue weighted by Gasteiger charge is 2.32. The lowest BCUT2D eigenvalue weighted by Crippen LogP contribution is -2.50. The van der Waals surface area contributed by atoms with E-state index in [0.29, 0.717) is 0 Å². The zero-order chi connectivity index (χ0) is 17.0. The van der Waals surface area contributed by atoms with E-state index in [1.54, 1.807) is 11.3 Å². The van der Waals surface area contributed by atoms with E-state index in [2.05, 4.69) is 23.9 Å². The van der Waals surface area contributed by atoms with Crippen molar-refractivity contribution < 1.29 is 9.53 Å². The minimum absolute atomic E-state index is 0.183. The van der Waals surface area contributed by atoms with Gasteiger partial charge in [-0.15, -0.1) is 11.3 Å². The van der Waals surface area contributed by atoms with Gasteiger partial charge in [-0.05, 0) is 54.0 Å². The summed E-state index contributed by atoms with van der Waals surface area (Å²) >= 11 is 1.68. The second-order valence-electron chi connectivity index (χ2n) is 7.31. The molecule has 1 fully saturated rings. The van der Waals surface area contributed by atoms with Crippen LogP contribution in [-0.4, -0.2) is 52.7 Å². The van der Waals surface area contributed by atoms with Gasteiger partial charge < -0.3 is 9.64 Å². The number of piperidine rings is 1. The second-order valence-corrected chi connectivity index (χ2v) is 8.24. The van der Waals surface area contributed by atoms with Crippen LogP contribution in [0.5, 0.6) is 0 Å². The summed E-state index contributed by atoms with van der Waals surface area (Å²) in [5.74, 6) is 0. The fraction of sp³-hybridized carbons (Fsp3) is 0.765. The van der Waals surface area contributed by atoms with Gasteiger partial charge in [-0.25, -0.2) is 9.78 Å². The van der Waals surface area contributed by atoms with E-state index in [9.17, 15) is 4.79 Å². The molecular formula is C17H29N3O2S. The van der Waals surface area contributed by atoms with Crippen LogP contribution in [-0.2, 0) is 4.74 Å². The lowest BCUT2D eigenvalue weighted by Gasteiger charge is -2.39. The summed E-state index contributed by atoms with van der Waals surface area (Å²) in [7, 11) is 2.11. The molecule has 0 unspecified atom stereocenters. The van der Waals surface area contributed by atoms with Gasteiger partial charge in [0.25, 0.3) is 0 Å². The Labute approximate surface area is 143 Å². The maximum atomic E-state index is 12.5. The lowest BCUT2D eigenvalue weighted by atomic mass is 10.0. The summed E-state index contributed by atoms with van der Waals surface area (Å²) in [6.45, 7) is 9.56. The maximum Gasteiger partial charge on any atom is 0.410 e. The number of rotatable bonds is 4. The van der Waals surface area contributed by atoms with Gasteiger partial charge in [0.2, 0.25) is 0 Å². The zero-order valence-corrected chi connectivity index (χ0v) is 15.7. The predicted octanol–water partition coefficient (Wildman–Crippen LogP) is 3.93. The molecule has 0 radical (unpaired) electrons. The number of carbonyl (C=O) groups excluding carboxylic acids is 1. The molecule has 1 aliphatic heterocycles. The van der Waals surface area contributed by atoms with Crippen LogP contribution < -0.4 is 0 Å². The molecule has 0 aromatic carbocycles. The van der Waals surface area contributed by atoms with E-state index in [1.165, 1.54) is 6.42 Å².